The number of likely N-dealkylation sites (tertiary alicyclic amines) is 1. The van der Waals surface area contributed by atoms with Gasteiger partial charge in [0, 0.05) is 49.7 Å². The molecule has 1 aromatic heterocycles. The Morgan fingerprint density at radius 3 is 2.50 bits per heavy atom. The van der Waals surface area contributed by atoms with E-state index >= 15 is 0 Å². The van der Waals surface area contributed by atoms with Gasteiger partial charge in [-0.05, 0) is 101 Å². The number of H-pyrrole nitrogens is 1. The molecule has 0 spiro atoms. The molecular weight excluding hydrogens is 422 g/mol. The summed E-state index contributed by atoms with van der Waals surface area (Å²) < 4.78 is 0. The van der Waals surface area contributed by atoms with Crippen molar-refractivity contribution in [3.8, 4) is 0 Å². The molecule has 6 heteroatoms. The molecule has 1 unspecified atom stereocenters. The SMILES string of the molecule is O=C(c1n[nH]c2c1CC(CCCNCc1ccc(N3CCCCC3)cc1)CC2)N1CCCCC1. The van der Waals surface area contributed by atoms with Crippen LogP contribution in [0.3, 0.4) is 0 Å². The number of hydrogen-bond donors (Lipinski definition) is 2. The van der Waals surface area contributed by atoms with Crippen molar-refractivity contribution < 1.29 is 4.79 Å². The average Bonchev–Trinajstić information content (AvgIpc) is 3.33. The number of hydrogen-bond acceptors (Lipinski definition) is 4. The fraction of sp³-hybridized carbons (Fsp3) is 0.643. The number of nitrogens with zero attached hydrogens (tertiary/aromatic N) is 3. The first-order valence-corrected chi connectivity index (χ1v) is 13.7. The van der Waals surface area contributed by atoms with E-state index in [-0.39, 0.29) is 5.91 Å². The molecule has 34 heavy (non-hydrogen) atoms. The van der Waals surface area contributed by atoms with Crippen molar-refractivity contribution in [3.63, 3.8) is 0 Å². The minimum absolute atomic E-state index is 0.144. The quantitative estimate of drug-likeness (QED) is 0.557. The van der Waals surface area contributed by atoms with Crippen molar-refractivity contribution in [1.29, 1.82) is 0 Å². The summed E-state index contributed by atoms with van der Waals surface area (Å²) in [6.45, 7) is 6.15. The van der Waals surface area contributed by atoms with E-state index in [4.69, 9.17) is 0 Å². The normalized spacial score (nSPS) is 20.9. The van der Waals surface area contributed by atoms with Gasteiger partial charge in [-0.15, -0.1) is 0 Å². The van der Waals surface area contributed by atoms with Crippen LogP contribution in [0.1, 0.15) is 85.1 Å². The first-order valence-electron chi connectivity index (χ1n) is 13.7. The fourth-order valence-electron chi connectivity index (χ4n) is 5.96. The topological polar surface area (TPSA) is 64.3 Å². The highest BCUT2D eigenvalue weighted by Crippen LogP contribution is 2.30. The Labute approximate surface area is 204 Å². The van der Waals surface area contributed by atoms with Crippen molar-refractivity contribution in [1.82, 2.24) is 20.4 Å². The molecule has 3 aliphatic rings. The number of anilines is 1. The smallest absolute Gasteiger partial charge is 0.274 e. The molecule has 1 aliphatic carbocycles. The second-order valence-electron chi connectivity index (χ2n) is 10.5. The molecule has 1 atom stereocenters. The lowest BCUT2D eigenvalue weighted by molar-refractivity contribution is 0.0716. The molecule has 0 bridgehead atoms. The Kier molecular flexibility index (Phi) is 7.84. The van der Waals surface area contributed by atoms with E-state index in [2.05, 4.69) is 44.7 Å². The maximum absolute atomic E-state index is 13.0. The third-order valence-electron chi connectivity index (χ3n) is 8.05. The number of aryl methyl sites for hydroxylation is 1. The van der Waals surface area contributed by atoms with Crippen molar-refractivity contribution in [2.24, 2.45) is 5.92 Å². The summed E-state index contributed by atoms with van der Waals surface area (Å²) in [5.41, 5.74) is 5.84. The number of aromatic nitrogens is 2. The molecule has 2 saturated heterocycles. The van der Waals surface area contributed by atoms with Gasteiger partial charge in [0.25, 0.3) is 5.91 Å². The van der Waals surface area contributed by atoms with Crippen LogP contribution in [0.4, 0.5) is 5.69 Å². The Morgan fingerprint density at radius 1 is 1.00 bits per heavy atom. The molecule has 2 aromatic rings. The van der Waals surface area contributed by atoms with Crippen LogP contribution in [0.15, 0.2) is 24.3 Å². The van der Waals surface area contributed by atoms with Crippen molar-refractivity contribution in [2.75, 3.05) is 37.6 Å². The molecule has 184 valence electrons. The maximum atomic E-state index is 13.0. The summed E-state index contributed by atoms with van der Waals surface area (Å²) in [6.07, 6.45) is 13.1. The summed E-state index contributed by atoms with van der Waals surface area (Å²) in [5, 5.41) is 11.3. The van der Waals surface area contributed by atoms with Crippen LogP contribution in [0, 0.1) is 5.92 Å². The Balaban J connectivity index is 1.04. The number of nitrogens with one attached hydrogen (secondary N) is 2. The van der Waals surface area contributed by atoms with Gasteiger partial charge in [0.2, 0.25) is 0 Å². The van der Waals surface area contributed by atoms with E-state index in [9.17, 15) is 4.79 Å². The van der Waals surface area contributed by atoms with Crippen LogP contribution >= 0.6 is 0 Å². The molecule has 2 fully saturated rings. The molecule has 2 N–H and O–H groups in total. The lowest BCUT2D eigenvalue weighted by Crippen LogP contribution is -2.36. The molecule has 0 radical (unpaired) electrons. The van der Waals surface area contributed by atoms with Gasteiger partial charge < -0.3 is 15.1 Å². The largest absolute Gasteiger partial charge is 0.372 e. The second kappa shape index (κ2) is 11.4. The molecule has 1 amide bonds. The van der Waals surface area contributed by atoms with Crippen LogP contribution in [-0.4, -0.2) is 53.7 Å². The number of piperidine rings is 2. The number of rotatable bonds is 8. The van der Waals surface area contributed by atoms with Gasteiger partial charge in [-0.25, -0.2) is 0 Å². The van der Waals surface area contributed by atoms with Crippen molar-refractivity contribution in [3.05, 3.63) is 46.8 Å². The zero-order valence-electron chi connectivity index (χ0n) is 20.7. The van der Waals surface area contributed by atoms with Gasteiger partial charge in [-0.2, -0.15) is 5.10 Å². The van der Waals surface area contributed by atoms with Gasteiger partial charge in [0.1, 0.15) is 0 Å². The number of carbonyl (C=O) groups excluding carboxylic acids is 1. The van der Waals surface area contributed by atoms with E-state index in [1.54, 1.807) is 0 Å². The lowest BCUT2D eigenvalue weighted by atomic mass is 9.83. The highest BCUT2D eigenvalue weighted by Gasteiger charge is 2.29. The van der Waals surface area contributed by atoms with Crippen molar-refractivity contribution >= 4 is 11.6 Å². The highest BCUT2D eigenvalue weighted by atomic mass is 16.2. The Morgan fingerprint density at radius 2 is 1.74 bits per heavy atom. The van der Waals surface area contributed by atoms with Gasteiger partial charge >= 0.3 is 0 Å². The number of fused-ring (bicyclic) bond motifs is 1. The molecule has 1 aromatic carbocycles. The van der Waals surface area contributed by atoms with Gasteiger partial charge in [0.05, 0.1) is 0 Å². The van der Waals surface area contributed by atoms with E-state index in [0.29, 0.717) is 11.6 Å². The first-order chi connectivity index (χ1) is 16.8. The molecule has 6 nitrogen and oxygen atoms in total. The summed E-state index contributed by atoms with van der Waals surface area (Å²) in [7, 11) is 0. The minimum atomic E-state index is 0.144. The van der Waals surface area contributed by atoms with Crippen LogP contribution in [0.5, 0.6) is 0 Å². The highest BCUT2D eigenvalue weighted by molar-refractivity contribution is 5.94. The summed E-state index contributed by atoms with van der Waals surface area (Å²) >= 11 is 0. The van der Waals surface area contributed by atoms with Crippen LogP contribution < -0.4 is 10.2 Å². The predicted molar refractivity (Wildman–Crippen MR) is 137 cm³/mol. The van der Waals surface area contributed by atoms with Gasteiger partial charge in [0.15, 0.2) is 5.69 Å². The van der Waals surface area contributed by atoms with Gasteiger partial charge in [-0.1, -0.05) is 12.1 Å². The number of carbonyl (C=O) groups is 1. The van der Waals surface area contributed by atoms with E-state index in [1.165, 1.54) is 80.5 Å². The molecule has 0 saturated carbocycles. The lowest BCUT2D eigenvalue weighted by Gasteiger charge is -2.28. The predicted octanol–water partition coefficient (Wildman–Crippen LogP) is 4.70. The Bertz CT molecular complexity index is 925. The van der Waals surface area contributed by atoms with Gasteiger partial charge in [-0.3, -0.25) is 9.89 Å². The first kappa shape index (κ1) is 23.4. The number of amides is 1. The minimum Gasteiger partial charge on any atom is -0.372 e. The molecular formula is C28H41N5O. The van der Waals surface area contributed by atoms with Crippen LogP contribution in [-0.2, 0) is 19.4 Å². The summed E-state index contributed by atoms with van der Waals surface area (Å²) in [6, 6.07) is 9.13. The standard InChI is InChI=1S/C28H41N5O/c34-28(33-18-5-2-6-19-33)27-25-20-22(11-14-26(25)30-31-27)8-7-15-29-21-23-9-12-24(13-10-23)32-16-3-1-4-17-32/h9-10,12-13,22,29H,1-8,11,14-21H2,(H,30,31). The van der Waals surface area contributed by atoms with Crippen LogP contribution in [0.25, 0.3) is 0 Å². The number of aromatic amines is 1. The van der Waals surface area contributed by atoms with Crippen LogP contribution in [0.2, 0.25) is 0 Å². The summed E-state index contributed by atoms with van der Waals surface area (Å²) in [4.78, 5) is 17.5. The fourth-order valence-corrected chi connectivity index (χ4v) is 5.96. The third kappa shape index (κ3) is 5.65. The van der Waals surface area contributed by atoms with E-state index < -0.39 is 0 Å². The second-order valence-corrected chi connectivity index (χ2v) is 10.5. The molecule has 3 heterocycles. The third-order valence-corrected chi connectivity index (χ3v) is 8.05. The van der Waals surface area contributed by atoms with E-state index in [0.717, 1.165) is 51.9 Å². The zero-order valence-corrected chi connectivity index (χ0v) is 20.7. The molecule has 2 aliphatic heterocycles. The van der Waals surface area contributed by atoms with Crippen molar-refractivity contribution in [2.45, 2.75) is 77.2 Å². The number of benzene rings is 1. The monoisotopic (exact) mass is 463 g/mol. The van der Waals surface area contributed by atoms with E-state index in [1.807, 2.05) is 4.90 Å². The maximum Gasteiger partial charge on any atom is 0.274 e. The zero-order chi connectivity index (χ0) is 23.2. The molecule has 5 rings (SSSR count). The summed E-state index contributed by atoms with van der Waals surface area (Å²) in [5.74, 6) is 0.800. The average molecular weight is 464 g/mol. The Hall–Kier alpha value is -2.34.